The summed E-state index contributed by atoms with van der Waals surface area (Å²) in [5.74, 6) is -2.61. The Kier molecular flexibility index (Phi) is 4.79. The summed E-state index contributed by atoms with van der Waals surface area (Å²) in [6.07, 6.45) is 0. The number of rotatable bonds is 5. The van der Waals surface area contributed by atoms with Gasteiger partial charge in [-0.15, -0.1) is 11.3 Å². The Morgan fingerprint density at radius 2 is 1.77 bits per heavy atom. The minimum absolute atomic E-state index is 0.322. The number of hydrogen-bond acceptors (Lipinski definition) is 4. The molecule has 3 amide bonds. The number of nitrogens with one attached hydrogen (secondary N) is 1. The average Bonchev–Trinajstić information content (AvgIpc) is 2.93. The maximum atomic E-state index is 12.0. The SMILES string of the molecule is NC(=O)C(NC(=O)c1ccc(-c2cccc(Cl)c2)s1)C(N)=O. The van der Waals surface area contributed by atoms with Crippen molar-refractivity contribution in [1.82, 2.24) is 5.32 Å². The van der Waals surface area contributed by atoms with Crippen LogP contribution in [-0.2, 0) is 9.59 Å². The quantitative estimate of drug-likeness (QED) is 0.710. The maximum absolute atomic E-state index is 12.0. The van der Waals surface area contributed by atoms with E-state index >= 15 is 0 Å². The van der Waals surface area contributed by atoms with Crippen molar-refractivity contribution < 1.29 is 14.4 Å². The van der Waals surface area contributed by atoms with Crippen LogP contribution in [0, 0.1) is 0 Å². The van der Waals surface area contributed by atoms with E-state index in [9.17, 15) is 14.4 Å². The Morgan fingerprint density at radius 3 is 2.36 bits per heavy atom. The zero-order valence-corrected chi connectivity index (χ0v) is 12.8. The van der Waals surface area contributed by atoms with Crippen LogP contribution in [0.4, 0.5) is 0 Å². The van der Waals surface area contributed by atoms with E-state index in [0.29, 0.717) is 9.90 Å². The van der Waals surface area contributed by atoms with Gasteiger partial charge in [-0.2, -0.15) is 0 Å². The Hall–Kier alpha value is -2.38. The molecule has 0 aliphatic heterocycles. The molecule has 0 saturated carbocycles. The highest BCUT2D eigenvalue weighted by molar-refractivity contribution is 7.17. The number of amides is 3. The smallest absolute Gasteiger partial charge is 0.262 e. The Morgan fingerprint density at radius 1 is 1.09 bits per heavy atom. The van der Waals surface area contributed by atoms with Gasteiger partial charge >= 0.3 is 0 Å². The Labute approximate surface area is 135 Å². The summed E-state index contributed by atoms with van der Waals surface area (Å²) in [5.41, 5.74) is 10.9. The van der Waals surface area contributed by atoms with Crippen molar-refractivity contribution in [3.63, 3.8) is 0 Å². The molecule has 6 nitrogen and oxygen atoms in total. The van der Waals surface area contributed by atoms with Gasteiger partial charge in [-0.3, -0.25) is 14.4 Å². The molecule has 5 N–H and O–H groups in total. The minimum Gasteiger partial charge on any atom is -0.367 e. The monoisotopic (exact) mass is 337 g/mol. The Bertz CT molecular complexity index is 730. The van der Waals surface area contributed by atoms with Gasteiger partial charge in [0.1, 0.15) is 0 Å². The number of benzene rings is 1. The molecule has 0 unspecified atom stereocenters. The lowest BCUT2D eigenvalue weighted by atomic mass is 10.2. The molecule has 2 aromatic rings. The topological polar surface area (TPSA) is 115 Å². The van der Waals surface area contributed by atoms with Crippen LogP contribution in [0.3, 0.4) is 0 Å². The highest BCUT2D eigenvalue weighted by Gasteiger charge is 2.25. The molecular weight excluding hydrogens is 326 g/mol. The van der Waals surface area contributed by atoms with Gasteiger partial charge in [0.2, 0.25) is 11.8 Å². The van der Waals surface area contributed by atoms with Crippen LogP contribution in [0.1, 0.15) is 9.67 Å². The molecule has 1 aromatic heterocycles. The van der Waals surface area contributed by atoms with E-state index in [-0.39, 0.29) is 0 Å². The van der Waals surface area contributed by atoms with E-state index in [1.165, 1.54) is 11.3 Å². The summed E-state index contributed by atoms with van der Waals surface area (Å²) >= 11 is 7.12. The van der Waals surface area contributed by atoms with Gasteiger partial charge < -0.3 is 16.8 Å². The molecule has 0 atom stereocenters. The average molecular weight is 338 g/mol. The first-order valence-electron chi connectivity index (χ1n) is 6.14. The van der Waals surface area contributed by atoms with Crippen LogP contribution in [-0.4, -0.2) is 23.8 Å². The summed E-state index contributed by atoms with van der Waals surface area (Å²) in [4.78, 5) is 35.3. The fourth-order valence-corrected chi connectivity index (χ4v) is 2.84. The molecule has 0 spiro atoms. The molecule has 2 rings (SSSR count). The molecule has 1 heterocycles. The van der Waals surface area contributed by atoms with Crippen molar-refractivity contribution in [2.24, 2.45) is 11.5 Å². The van der Waals surface area contributed by atoms with E-state index in [1.54, 1.807) is 30.3 Å². The predicted octanol–water partition coefficient (Wildman–Crippen LogP) is 1.14. The summed E-state index contributed by atoms with van der Waals surface area (Å²) in [6, 6.07) is 8.96. The number of carbonyl (C=O) groups excluding carboxylic acids is 3. The molecule has 1 aromatic carbocycles. The molecule has 8 heteroatoms. The number of halogens is 1. The Balaban J connectivity index is 2.19. The normalized spacial score (nSPS) is 10.5. The molecule has 0 radical (unpaired) electrons. The van der Waals surface area contributed by atoms with Gasteiger partial charge in [0, 0.05) is 9.90 Å². The van der Waals surface area contributed by atoms with Gasteiger partial charge in [0.25, 0.3) is 5.91 Å². The molecule has 114 valence electrons. The number of thiophene rings is 1. The minimum atomic E-state index is -1.54. The van der Waals surface area contributed by atoms with Crippen LogP contribution in [0.15, 0.2) is 36.4 Å². The molecule has 22 heavy (non-hydrogen) atoms. The molecule has 0 aliphatic rings. The molecule has 0 saturated heterocycles. The van der Waals surface area contributed by atoms with Crippen LogP contribution in [0.2, 0.25) is 5.02 Å². The van der Waals surface area contributed by atoms with Gasteiger partial charge in [-0.05, 0) is 29.8 Å². The zero-order chi connectivity index (χ0) is 16.3. The van der Waals surface area contributed by atoms with Crippen molar-refractivity contribution in [2.45, 2.75) is 6.04 Å². The van der Waals surface area contributed by atoms with E-state index in [2.05, 4.69) is 5.32 Å². The van der Waals surface area contributed by atoms with Crippen molar-refractivity contribution in [3.8, 4) is 10.4 Å². The van der Waals surface area contributed by atoms with Crippen LogP contribution in [0.25, 0.3) is 10.4 Å². The van der Waals surface area contributed by atoms with Gasteiger partial charge in [0.15, 0.2) is 6.04 Å². The first-order chi connectivity index (χ1) is 10.4. The first-order valence-corrected chi connectivity index (χ1v) is 7.33. The van der Waals surface area contributed by atoms with Gasteiger partial charge in [0.05, 0.1) is 4.88 Å². The number of nitrogens with two attached hydrogens (primary N) is 2. The first kappa shape index (κ1) is 16.0. The van der Waals surface area contributed by atoms with Gasteiger partial charge in [-0.25, -0.2) is 0 Å². The van der Waals surface area contributed by atoms with Crippen LogP contribution >= 0.6 is 22.9 Å². The third-order valence-corrected chi connectivity index (χ3v) is 4.15. The van der Waals surface area contributed by atoms with E-state index in [1.807, 2.05) is 6.07 Å². The highest BCUT2D eigenvalue weighted by Crippen LogP contribution is 2.29. The number of primary amides is 2. The van der Waals surface area contributed by atoms with Gasteiger partial charge in [-0.1, -0.05) is 23.7 Å². The third kappa shape index (κ3) is 3.63. The number of carbonyl (C=O) groups is 3. The third-order valence-electron chi connectivity index (χ3n) is 2.78. The molecule has 0 bridgehead atoms. The zero-order valence-electron chi connectivity index (χ0n) is 11.2. The van der Waals surface area contributed by atoms with Crippen LogP contribution < -0.4 is 16.8 Å². The summed E-state index contributed by atoms with van der Waals surface area (Å²) in [5, 5.41) is 2.79. The lowest BCUT2D eigenvalue weighted by Gasteiger charge is -2.10. The maximum Gasteiger partial charge on any atom is 0.262 e. The highest BCUT2D eigenvalue weighted by atomic mass is 35.5. The second-order valence-corrected chi connectivity index (χ2v) is 5.91. The lowest BCUT2D eigenvalue weighted by Crippen LogP contribution is -2.52. The summed E-state index contributed by atoms with van der Waals surface area (Å²) in [7, 11) is 0. The second kappa shape index (κ2) is 6.59. The fraction of sp³-hybridized carbons (Fsp3) is 0.0714. The van der Waals surface area contributed by atoms with E-state index in [4.69, 9.17) is 23.1 Å². The van der Waals surface area contributed by atoms with Crippen molar-refractivity contribution in [3.05, 3.63) is 46.3 Å². The van der Waals surface area contributed by atoms with Crippen molar-refractivity contribution in [2.75, 3.05) is 0 Å². The van der Waals surface area contributed by atoms with E-state index in [0.717, 1.165) is 10.4 Å². The lowest BCUT2D eigenvalue weighted by molar-refractivity contribution is -0.128. The largest absolute Gasteiger partial charge is 0.367 e. The fourth-order valence-electron chi connectivity index (χ4n) is 1.74. The molecular formula is C14H12ClN3O3S. The van der Waals surface area contributed by atoms with E-state index < -0.39 is 23.8 Å². The summed E-state index contributed by atoms with van der Waals surface area (Å²) < 4.78 is 0. The second-order valence-electron chi connectivity index (χ2n) is 4.39. The molecule has 0 fully saturated rings. The van der Waals surface area contributed by atoms with Crippen molar-refractivity contribution in [1.29, 1.82) is 0 Å². The molecule has 0 aliphatic carbocycles. The number of hydrogen-bond donors (Lipinski definition) is 3. The standard InChI is InChI=1S/C14H12ClN3O3S/c15-8-3-1-2-7(6-8)9-4-5-10(22-9)14(21)18-11(12(16)19)13(17)20/h1-6,11H,(H2,16,19)(H2,17,20)(H,18,21). The predicted molar refractivity (Wildman–Crippen MR) is 84.4 cm³/mol. The van der Waals surface area contributed by atoms with Crippen molar-refractivity contribution >= 4 is 40.7 Å². The summed E-state index contributed by atoms with van der Waals surface area (Å²) in [6.45, 7) is 0. The van der Waals surface area contributed by atoms with Crippen LogP contribution in [0.5, 0.6) is 0 Å².